The number of carboxylic acids is 1. The van der Waals surface area contributed by atoms with Crippen LogP contribution < -0.4 is 5.73 Å². The van der Waals surface area contributed by atoms with E-state index < -0.39 is 11.8 Å². The zero-order valence-electron chi connectivity index (χ0n) is 17.1. The van der Waals surface area contributed by atoms with E-state index in [0.717, 1.165) is 40.3 Å². The topological polar surface area (TPSA) is 87.2 Å². The van der Waals surface area contributed by atoms with Crippen LogP contribution in [-0.2, 0) is 4.79 Å². The molecule has 0 aliphatic heterocycles. The molecule has 0 aliphatic carbocycles. The molecule has 0 radical (unpaired) electrons. The van der Waals surface area contributed by atoms with Gasteiger partial charge >= 0.3 is 5.97 Å². The van der Waals surface area contributed by atoms with Gasteiger partial charge in [-0.1, -0.05) is 67.6 Å². The number of nitrogens with one attached hydrogen (secondary N) is 1. The van der Waals surface area contributed by atoms with Gasteiger partial charge in [0.1, 0.15) is 0 Å². The highest BCUT2D eigenvalue weighted by Gasteiger charge is 2.14. The van der Waals surface area contributed by atoms with Crippen molar-refractivity contribution in [1.82, 2.24) is 0 Å². The summed E-state index contributed by atoms with van der Waals surface area (Å²) in [5.74, 6) is -2.81. The second kappa shape index (κ2) is 9.67. The zero-order chi connectivity index (χ0) is 22.4. The summed E-state index contributed by atoms with van der Waals surface area (Å²) >= 11 is 0. The van der Waals surface area contributed by atoms with Crippen LogP contribution in [-0.4, -0.2) is 17.3 Å². The molecule has 0 heterocycles. The molecule has 3 rings (SSSR count). The van der Waals surface area contributed by atoms with E-state index in [0.29, 0.717) is 16.8 Å². The number of benzene rings is 3. The summed E-state index contributed by atoms with van der Waals surface area (Å²) in [5.41, 5.74) is 12.6. The molecule has 156 valence electrons. The van der Waals surface area contributed by atoms with E-state index in [4.69, 9.17) is 16.2 Å². The maximum Gasteiger partial charge on any atom is 0.364 e. The van der Waals surface area contributed by atoms with E-state index in [1.165, 1.54) is 6.21 Å². The number of anilines is 1. The van der Waals surface area contributed by atoms with Gasteiger partial charge in [-0.25, -0.2) is 4.79 Å². The summed E-state index contributed by atoms with van der Waals surface area (Å²) in [5, 5.41) is 16.4. The number of hydrogen-bond acceptors (Lipinski definition) is 3. The van der Waals surface area contributed by atoms with Crippen molar-refractivity contribution < 1.29 is 14.3 Å². The van der Waals surface area contributed by atoms with E-state index in [9.17, 15) is 9.18 Å². The quantitative estimate of drug-likeness (QED) is 0.191. The SMILES string of the molecule is CC/C(=C(/c1ccc(/C=C(\F)C(=O)O)cc1)c1ccc(N)c(C=N)c1)c1ccccc1. The molecule has 0 aliphatic rings. The van der Waals surface area contributed by atoms with Crippen molar-refractivity contribution in [2.24, 2.45) is 0 Å². The second-order valence-electron chi connectivity index (χ2n) is 6.98. The monoisotopic (exact) mass is 414 g/mol. The van der Waals surface area contributed by atoms with Crippen LogP contribution in [0.1, 0.15) is 41.2 Å². The lowest BCUT2D eigenvalue weighted by Crippen LogP contribution is -1.99. The van der Waals surface area contributed by atoms with E-state index >= 15 is 0 Å². The van der Waals surface area contributed by atoms with Gasteiger partial charge in [0.15, 0.2) is 0 Å². The maximum atomic E-state index is 13.5. The zero-order valence-corrected chi connectivity index (χ0v) is 17.1. The fourth-order valence-corrected chi connectivity index (χ4v) is 3.49. The predicted molar refractivity (Wildman–Crippen MR) is 125 cm³/mol. The highest BCUT2D eigenvalue weighted by Crippen LogP contribution is 2.35. The Labute approximate surface area is 180 Å². The van der Waals surface area contributed by atoms with Crippen LogP contribution in [0, 0.1) is 5.41 Å². The van der Waals surface area contributed by atoms with Crippen LogP contribution in [0.3, 0.4) is 0 Å². The first-order valence-corrected chi connectivity index (χ1v) is 9.84. The van der Waals surface area contributed by atoms with E-state index in [-0.39, 0.29) is 0 Å². The second-order valence-corrected chi connectivity index (χ2v) is 6.98. The van der Waals surface area contributed by atoms with E-state index in [1.54, 1.807) is 18.2 Å². The minimum atomic E-state index is -1.59. The van der Waals surface area contributed by atoms with Crippen molar-refractivity contribution in [1.29, 1.82) is 5.41 Å². The van der Waals surface area contributed by atoms with Crippen molar-refractivity contribution >= 4 is 35.1 Å². The van der Waals surface area contributed by atoms with Crippen molar-refractivity contribution in [3.05, 3.63) is 106 Å². The Bertz CT molecular complexity index is 1160. The summed E-state index contributed by atoms with van der Waals surface area (Å²) in [6.45, 7) is 2.08. The average Bonchev–Trinajstić information content (AvgIpc) is 2.79. The maximum absolute atomic E-state index is 13.5. The fraction of sp³-hybridized carbons (Fsp3) is 0.0769. The van der Waals surface area contributed by atoms with Gasteiger partial charge in [-0.15, -0.1) is 0 Å². The van der Waals surface area contributed by atoms with Gasteiger partial charge in [0.05, 0.1) is 0 Å². The molecule has 5 heteroatoms. The Kier molecular flexibility index (Phi) is 6.78. The van der Waals surface area contributed by atoms with Crippen molar-refractivity contribution in [2.75, 3.05) is 5.73 Å². The minimum absolute atomic E-state index is 0.457. The van der Waals surface area contributed by atoms with Crippen molar-refractivity contribution in [3.63, 3.8) is 0 Å². The fourth-order valence-electron chi connectivity index (χ4n) is 3.49. The van der Waals surface area contributed by atoms with Crippen molar-refractivity contribution in [3.8, 4) is 0 Å². The third kappa shape index (κ3) is 4.95. The Morgan fingerprint density at radius 2 is 1.65 bits per heavy atom. The molecule has 0 saturated carbocycles. The molecular weight excluding hydrogens is 391 g/mol. The van der Waals surface area contributed by atoms with Crippen molar-refractivity contribution in [2.45, 2.75) is 13.3 Å². The van der Waals surface area contributed by atoms with Crippen LogP contribution in [0.25, 0.3) is 17.2 Å². The molecule has 0 saturated heterocycles. The highest BCUT2D eigenvalue weighted by atomic mass is 19.1. The lowest BCUT2D eigenvalue weighted by molar-refractivity contribution is -0.134. The standard InChI is InChI=1S/C26H23FN2O2/c1-2-22(18-6-4-3-5-7-18)25(20-12-13-24(29)21(15-20)16-28)19-10-8-17(9-11-19)14-23(27)26(30)31/h3-16,28H,2,29H2,1H3,(H,30,31)/b23-14-,25-22+,28-16?. The van der Waals surface area contributed by atoms with E-state index in [1.807, 2.05) is 54.6 Å². The van der Waals surface area contributed by atoms with Gasteiger partial charge in [-0.2, -0.15) is 4.39 Å². The molecule has 0 aromatic heterocycles. The van der Waals surface area contributed by atoms with Gasteiger partial charge in [-0.3, -0.25) is 0 Å². The third-order valence-corrected chi connectivity index (χ3v) is 5.01. The predicted octanol–water partition coefficient (Wildman–Crippen LogP) is 6.03. The summed E-state index contributed by atoms with van der Waals surface area (Å²) < 4.78 is 13.5. The molecule has 31 heavy (non-hydrogen) atoms. The molecule has 3 aromatic carbocycles. The number of rotatable bonds is 7. The smallest absolute Gasteiger partial charge is 0.364 e. The molecule has 0 amide bonds. The number of halogens is 1. The Balaban J connectivity index is 2.22. The molecule has 0 bridgehead atoms. The number of nitrogens with two attached hydrogens (primary N) is 1. The normalized spacial score (nSPS) is 12.3. The number of hydrogen-bond donors (Lipinski definition) is 3. The summed E-state index contributed by atoms with van der Waals surface area (Å²) in [4.78, 5) is 10.8. The lowest BCUT2D eigenvalue weighted by Gasteiger charge is -2.17. The molecule has 4 nitrogen and oxygen atoms in total. The summed E-state index contributed by atoms with van der Waals surface area (Å²) in [6.07, 6.45) is 2.98. The molecule has 0 fully saturated rings. The molecule has 3 aromatic rings. The Hall–Kier alpha value is -3.99. The Morgan fingerprint density at radius 3 is 2.23 bits per heavy atom. The summed E-state index contributed by atoms with van der Waals surface area (Å²) in [7, 11) is 0. The van der Waals surface area contributed by atoms with Gasteiger partial charge in [0.2, 0.25) is 5.83 Å². The number of nitrogen functional groups attached to an aromatic ring is 1. The van der Waals surface area contributed by atoms with Crippen LogP contribution >= 0.6 is 0 Å². The first-order valence-electron chi connectivity index (χ1n) is 9.84. The molecule has 0 unspecified atom stereocenters. The number of aliphatic carboxylic acids is 1. The van der Waals surface area contributed by atoms with Gasteiger partial charge in [0.25, 0.3) is 0 Å². The lowest BCUT2D eigenvalue weighted by atomic mass is 9.87. The highest BCUT2D eigenvalue weighted by molar-refractivity contribution is 6.00. The van der Waals surface area contributed by atoms with Crippen LogP contribution in [0.5, 0.6) is 0 Å². The van der Waals surface area contributed by atoms with Crippen LogP contribution in [0.2, 0.25) is 0 Å². The largest absolute Gasteiger partial charge is 0.476 e. The van der Waals surface area contributed by atoms with Gasteiger partial charge < -0.3 is 16.2 Å². The Morgan fingerprint density at radius 1 is 1.00 bits per heavy atom. The number of carbonyl (C=O) groups is 1. The number of carboxylic acid groups (broad SMARTS) is 1. The average molecular weight is 414 g/mol. The minimum Gasteiger partial charge on any atom is -0.476 e. The van der Waals surface area contributed by atoms with Crippen LogP contribution in [0.4, 0.5) is 10.1 Å². The van der Waals surface area contributed by atoms with Crippen LogP contribution in [0.15, 0.2) is 78.6 Å². The molecule has 4 N–H and O–H groups in total. The third-order valence-electron chi connectivity index (χ3n) is 5.01. The molecule has 0 spiro atoms. The van der Waals surface area contributed by atoms with E-state index in [2.05, 4.69) is 6.92 Å². The summed E-state index contributed by atoms with van der Waals surface area (Å²) in [6, 6.07) is 22.7. The van der Waals surface area contributed by atoms with Gasteiger partial charge in [-0.05, 0) is 58.0 Å². The first kappa shape index (κ1) is 21.7. The number of allylic oxidation sites excluding steroid dienone is 1. The first-order chi connectivity index (χ1) is 14.9. The molecule has 0 atom stereocenters. The van der Waals surface area contributed by atoms with Gasteiger partial charge in [0, 0.05) is 17.5 Å². The molecular formula is C26H23FN2O2.